The summed E-state index contributed by atoms with van der Waals surface area (Å²) in [6.07, 6.45) is 5.64. The van der Waals surface area contributed by atoms with Crippen LogP contribution in [-0.4, -0.2) is 53.2 Å². The summed E-state index contributed by atoms with van der Waals surface area (Å²) < 4.78 is 48.8. The van der Waals surface area contributed by atoms with Crippen LogP contribution in [0.15, 0.2) is 36.4 Å². The van der Waals surface area contributed by atoms with Crippen LogP contribution in [0, 0.1) is 0 Å². The Hall–Kier alpha value is -2.04. The minimum absolute atomic E-state index is 0. The second kappa shape index (κ2) is 17.5. The molecule has 38 heavy (non-hydrogen) atoms. The molecule has 218 valence electrons. The first-order valence-electron chi connectivity index (χ1n) is 11.6. The highest BCUT2D eigenvalue weighted by molar-refractivity contribution is 7.90. The number of nitrogens with one attached hydrogen (secondary N) is 4. The molecule has 0 amide bonds. The number of phenols is 2. The van der Waals surface area contributed by atoms with Gasteiger partial charge in [-0.15, -0.1) is 24.8 Å². The number of hydrogen-bond acceptors (Lipinski definition) is 8. The Bertz CT molecular complexity index is 1110. The highest BCUT2D eigenvalue weighted by atomic mass is 35.5. The topological polar surface area (TPSA) is 209 Å². The summed E-state index contributed by atoms with van der Waals surface area (Å²) >= 11 is 0. The smallest absolute Gasteiger partial charge is 0.296 e. The first-order valence-corrected chi connectivity index (χ1v) is 14.7. The maximum Gasteiger partial charge on any atom is 0.296 e. The molecule has 2 rings (SSSR count). The zero-order valence-electron chi connectivity index (χ0n) is 20.9. The van der Waals surface area contributed by atoms with Gasteiger partial charge in [-0.3, -0.25) is 9.44 Å². The van der Waals surface area contributed by atoms with Crippen LogP contribution < -0.4 is 30.4 Å². The summed E-state index contributed by atoms with van der Waals surface area (Å²) in [5.41, 5.74) is 1.88. The quantitative estimate of drug-likeness (QED) is 0.0965. The molecule has 2 aromatic carbocycles. The van der Waals surface area contributed by atoms with Crippen molar-refractivity contribution in [2.24, 2.45) is 10.3 Å². The van der Waals surface area contributed by atoms with E-state index in [0.29, 0.717) is 12.8 Å². The number of hydrogen-bond donors (Lipinski definition) is 8. The predicted octanol–water partition coefficient (Wildman–Crippen LogP) is 1.70. The number of benzene rings is 2. The van der Waals surface area contributed by atoms with Crippen LogP contribution in [0.1, 0.15) is 36.8 Å². The Morgan fingerprint density at radius 1 is 0.605 bits per heavy atom. The van der Waals surface area contributed by atoms with Crippen molar-refractivity contribution in [1.29, 1.82) is 0 Å². The van der Waals surface area contributed by atoms with E-state index in [4.69, 9.17) is 10.3 Å². The molecule has 0 spiro atoms. The van der Waals surface area contributed by atoms with Crippen LogP contribution in [-0.2, 0) is 33.3 Å². The number of aromatic hydroxyl groups is 2. The van der Waals surface area contributed by atoms with Gasteiger partial charge in [0.1, 0.15) is 11.5 Å². The van der Waals surface area contributed by atoms with Crippen molar-refractivity contribution in [3.8, 4) is 11.5 Å². The van der Waals surface area contributed by atoms with E-state index in [1.807, 2.05) is 0 Å². The zero-order chi connectivity index (χ0) is 26.6. The Kier molecular flexibility index (Phi) is 16.6. The lowest BCUT2D eigenvalue weighted by Gasteiger charge is -2.10. The summed E-state index contributed by atoms with van der Waals surface area (Å²) in [5, 5.41) is 36.1. The second-order valence-corrected chi connectivity index (χ2v) is 11.0. The molecule has 0 heterocycles. The summed E-state index contributed by atoms with van der Waals surface area (Å²) in [6, 6.07) is 9.47. The third kappa shape index (κ3) is 15.4. The minimum Gasteiger partial charge on any atom is -0.506 e. The van der Waals surface area contributed by atoms with Gasteiger partial charge in [0.25, 0.3) is 20.4 Å². The van der Waals surface area contributed by atoms with Crippen molar-refractivity contribution < 1.29 is 27.0 Å². The van der Waals surface area contributed by atoms with Gasteiger partial charge in [-0.1, -0.05) is 25.0 Å². The second-order valence-electron chi connectivity index (χ2n) is 8.41. The molecule has 0 saturated carbocycles. The molecule has 0 fully saturated rings. The Morgan fingerprint density at radius 3 is 1.32 bits per heavy atom. The van der Waals surface area contributed by atoms with Crippen molar-refractivity contribution in [2.75, 3.05) is 35.6 Å². The molecule has 0 bridgehead atoms. The van der Waals surface area contributed by atoms with E-state index in [1.165, 1.54) is 12.1 Å². The number of anilines is 2. The average Bonchev–Trinajstić information content (AvgIpc) is 2.76. The van der Waals surface area contributed by atoms with E-state index in [1.54, 1.807) is 24.3 Å². The molecular formula is C22H38Cl2N6O6S2. The standard InChI is InChI=1S/C22H36N6O6S2.2ClH/c23-35(31,32)27-19-15-17(5-7-21(19)29)9-13-25-11-3-1-2-4-12-26-14-10-18-6-8-22(30)20(16-18)28-36(24,33)34;;/h5-8,15-16,25-30H,1-4,9-14H2,(H2,23,31,32)(H2,24,33,34);2*1H. The van der Waals surface area contributed by atoms with Gasteiger partial charge in [0.15, 0.2) is 0 Å². The molecule has 2 aromatic rings. The number of unbranched alkanes of at least 4 members (excludes halogenated alkanes) is 3. The number of phenolic OH excluding ortho intramolecular Hbond substituents is 2. The Labute approximate surface area is 237 Å². The van der Waals surface area contributed by atoms with E-state index in [9.17, 15) is 27.0 Å². The first-order chi connectivity index (χ1) is 16.9. The molecule has 0 aliphatic carbocycles. The molecule has 0 aromatic heterocycles. The predicted molar refractivity (Wildman–Crippen MR) is 156 cm³/mol. The van der Waals surface area contributed by atoms with Crippen molar-refractivity contribution >= 4 is 56.6 Å². The van der Waals surface area contributed by atoms with Crippen LogP contribution in [0.25, 0.3) is 0 Å². The third-order valence-corrected chi connectivity index (χ3v) is 6.27. The van der Waals surface area contributed by atoms with E-state index in [2.05, 4.69) is 20.1 Å². The molecule has 12 nitrogen and oxygen atoms in total. The van der Waals surface area contributed by atoms with Crippen LogP contribution in [0.4, 0.5) is 11.4 Å². The van der Waals surface area contributed by atoms with Crippen LogP contribution in [0.3, 0.4) is 0 Å². The highest BCUT2D eigenvalue weighted by Gasteiger charge is 2.09. The highest BCUT2D eigenvalue weighted by Crippen LogP contribution is 2.25. The molecule has 0 aliphatic rings. The van der Waals surface area contributed by atoms with Crippen molar-refractivity contribution in [3.05, 3.63) is 47.5 Å². The van der Waals surface area contributed by atoms with Crippen LogP contribution in [0.2, 0.25) is 0 Å². The number of nitrogens with two attached hydrogens (primary N) is 2. The molecular weight excluding hydrogens is 579 g/mol. The van der Waals surface area contributed by atoms with Gasteiger partial charge < -0.3 is 20.8 Å². The van der Waals surface area contributed by atoms with Gasteiger partial charge in [0, 0.05) is 0 Å². The van der Waals surface area contributed by atoms with Gasteiger partial charge in [-0.25, -0.2) is 10.3 Å². The Balaban J connectivity index is 0.00000684. The van der Waals surface area contributed by atoms with E-state index in [0.717, 1.165) is 63.0 Å². The maximum absolute atomic E-state index is 11.2. The minimum atomic E-state index is -3.95. The fraction of sp³-hybridized carbons (Fsp3) is 0.455. The van der Waals surface area contributed by atoms with Crippen LogP contribution in [0.5, 0.6) is 11.5 Å². The van der Waals surface area contributed by atoms with Gasteiger partial charge in [-0.05, 0) is 87.3 Å². The molecule has 0 aliphatic heterocycles. The fourth-order valence-corrected chi connectivity index (χ4v) is 4.46. The van der Waals surface area contributed by atoms with Crippen molar-refractivity contribution in [2.45, 2.75) is 38.5 Å². The summed E-state index contributed by atoms with van der Waals surface area (Å²) in [6.45, 7) is 3.22. The molecule has 0 radical (unpaired) electrons. The van der Waals surface area contributed by atoms with Gasteiger partial charge >= 0.3 is 0 Å². The largest absolute Gasteiger partial charge is 0.506 e. The van der Waals surface area contributed by atoms with Crippen molar-refractivity contribution in [3.63, 3.8) is 0 Å². The first kappa shape index (κ1) is 36.0. The molecule has 16 heteroatoms. The van der Waals surface area contributed by atoms with Gasteiger partial charge in [0.2, 0.25) is 0 Å². The summed E-state index contributed by atoms with van der Waals surface area (Å²) in [7, 11) is -7.89. The Morgan fingerprint density at radius 2 is 0.974 bits per heavy atom. The molecule has 10 N–H and O–H groups in total. The molecule has 0 saturated heterocycles. The molecule has 0 unspecified atom stereocenters. The monoisotopic (exact) mass is 616 g/mol. The summed E-state index contributed by atoms with van der Waals surface area (Å²) in [5.74, 6) is -0.357. The lowest BCUT2D eigenvalue weighted by atomic mass is 10.1. The lowest BCUT2D eigenvalue weighted by Crippen LogP contribution is -2.22. The average molecular weight is 618 g/mol. The van der Waals surface area contributed by atoms with Crippen LogP contribution >= 0.6 is 24.8 Å². The van der Waals surface area contributed by atoms with Gasteiger partial charge in [-0.2, -0.15) is 16.8 Å². The lowest BCUT2D eigenvalue weighted by molar-refractivity contribution is 0.477. The molecule has 0 atom stereocenters. The fourth-order valence-electron chi connectivity index (χ4n) is 3.52. The number of halogens is 2. The maximum atomic E-state index is 11.2. The van der Waals surface area contributed by atoms with E-state index in [-0.39, 0.29) is 47.7 Å². The van der Waals surface area contributed by atoms with E-state index >= 15 is 0 Å². The normalized spacial score (nSPS) is 11.3. The number of rotatable bonds is 17. The zero-order valence-corrected chi connectivity index (χ0v) is 24.1. The van der Waals surface area contributed by atoms with E-state index < -0.39 is 20.4 Å². The van der Waals surface area contributed by atoms with Gasteiger partial charge in [0.05, 0.1) is 11.4 Å². The van der Waals surface area contributed by atoms with Crippen molar-refractivity contribution in [1.82, 2.24) is 10.6 Å². The third-order valence-electron chi connectivity index (χ3n) is 5.26. The SMILES string of the molecule is Cl.Cl.NS(=O)(=O)Nc1cc(CCNCCCCCCNCCc2ccc(O)c(NS(N)(=O)=O)c2)ccc1O. The summed E-state index contributed by atoms with van der Waals surface area (Å²) in [4.78, 5) is 0.